The largest absolute Gasteiger partial charge is 0.446 e. The number of aromatic nitrogens is 1. The molecule has 2 aromatic carbocycles. The fourth-order valence-corrected chi connectivity index (χ4v) is 3.40. The summed E-state index contributed by atoms with van der Waals surface area (Å²) >= 11 is -0.115. The van der Waals surface area contributed by atoms with Crippen LogP contribution >= 0.6 is 11.8 Å². The molecule has 0 saturated heterocycles. The SMILES string of the molecule is CC(CNc1cc(=O)c2ccccc2[nH]1)NCc1cccc(SC(F)(F)F)c1. The van der Waals surface area contributed by atoms with Crippen LogP contribution in [0, 0.1) is 0 Å². The summed E-state index contributed by atoms with van der Waals surface area (Å²) in [6, 6.07) is 15.2. The standard InChI is InChI=1S/C20H20F3N3OS/c1-13(24-12-14-5-4-6-15(9-14)28-20(21,22)23)11-25-19-10-18(27)16-7-2-3-8-17(16)26-19/h2-10,13,24H,11-12H2,1H3,(H2,25,26,27). The molecule has 1 aromatic heterocycles. The molecule has 0 aliphatic rings. The highest BCUT2D eigenvalue weighted by Gasteiger charge is 2.29. The van der Waals surface area contributed by atoms with Crippen molar-refractivity contribution in [1.82, 2.24) is 10.3 Å². The number of hydrogen-bond acceptors (Lipinski definition) is 4. The Morgan fingerprint density at radius 2 is 1.89 bits per heavy atom. The quantitative estimate of drug-likeness (QED) is 0.496. The topological polar surface area (TPSA) is 56.9 Å². The fourth-order valence-electron chi connectivity index (χ4n) is 2.77. The van der Waals surface area contributed by atoms with Gasteiger partial charge >= 0.3 is 5.51 Å². The van der Waals surface area contributed by atoms with Gasteiger partial charge in [0.1, 0.15) is 5.82 Å². The Bertz CT molecular complexity index is 1000. The maximum absolute atomic E-state index is 12.5. The van der Waals surface area contributed by atoms with Crippen LogP contribution in [-0.2, 0) is 6.54 Å². The Hall–Kier alpha value is -2.45. The van der Waals surface area contributed by atoms with E-state index < -0.39 is 5.51 Å². The van der Waals surface area contributed by atoms with E-state index in [2.05, 4.69) is 15.6 Å². The summed E-state index contributed by atoms with van der Waals surface area (Å²) in [6.45, 7) is 2.95. The van der Waals surface area contributed by atoms with Gasteiger partial charge in [-0.1, -0.05) is 24.3 Å². The van der Waals surface area contributed by atoms with Crippen molar-refractivity contribution in [2.45, 2.75) is 29.9 Å². The van der Waals surface area contributed by atoms with Crippen LogP contribution in [0.1, 0.15) is 12.5 Å². The second-order valence-corrected chi connectivity index (χ2v) is 7.59. The highest BCUT2D eigenvalue weighted by Crippen LogP contribution is 2.36. The molecular formula is C20H20F3N3OS. The van der Waals surface area contributed by atoms with Crippen molar-refractivity contribution in [3.8, 4) is 0 Å². The lowest BCUT2D eigenvalue weighted by molar-refractivity contribution is -0.0328. The summed E-state index contributed by atoms with van der Waals surface area (Å²) in [7, 11) is 0. The number of nitrogens with one attached hydrogen (secondary N) is 3. The Labute approximate surface area is 164 Å². The Morgan fingerprint density at radius 1 is 1.11 bits per heavy atom. The van der Waals surface area contributed by atoms with Crippen molar-refractivity contribution in [2.24, 2.45) is 0 Å². The third-order valence-electron chi connectivity index (χ3n) is 4.12. The molecule has 0 bridgehead atoms. The van der Waals surface area contributed by atoms with Crippen LogP contribution in [0.2, 0.25) is 0 Å². The number of alkyl halides is 3. The van der Waals surface area contributed by atoms with Crippen LogP contribution in [0.5, 0.6) is 0 Å². The second-order valence-electron chi connectivity index (χ2n) is 6.45. The highest BCUT2D eigenvalue weighted by molar-refractivity contribution is 8.00. The van der Waals surface area contributed by atoms with Gasteiger partial charge in [0, 0.05) is 35.5 Å². The molecule has 1 atom stereocenters. The highest BCUT2D eigenvalue weighted by atomic mass is 32.2. The fraction of sp³-hybridized carbons (Fsp3) is 0.250. The van der Waals surface area contributed by atoms with Gasteiger partial charge in [-0.3, -0.25) is 4.79 Å². The third kappa shape index (κ3) is 5.77. The van der Waals surface area contributed by atoms with Gasteiger partial charge in [0.25, 0.3) is 0 Å². The molecule has 0 fully saturated rings. The van der Waals surface area contributed by atoms with Gasteiger partial charge < -0.3 is 15.6 Å². The number of anilines is 1. The maximum Gasteiger partial charge on any atom is 0.446 e. The van der Waals surface area contributed by atoms with Crippen molar-refractivity contribution in [1.29, 1.82) is 0 Å². The van der Waals surface area contributed by atoms with E-state index in [1.54, 1.807) is 18.2 Å². The van der Waals surface area contributed by atoms with Crippen LogP contribution in [0.4, 0.5) is 19.0 Å². The lowest BCUT2D eigenvalue weighted by Gasteiger charge is -2.16. The average Bonchev–Trinajstić information content (AvgIpc) is 2.64. The van der Waals surface area contributed by atoms with Crippen LogP contribution < -0.4 is 16.1 Å². The van der Waals surface area contributed by atoms with Crippen LogP contribution in [0.3, 0.4) is 0 Å². The van der Waals surface area contributed by atoms with Crippen molar-refractivity contribution in [3.63, 3.8) is 0 Å². The number of thioether (sulfide) groups is 1. The lowest BCUT2D eigenvalue weighted by Crippen LogP contribution is -2.32. The normalized spacial score (nSPS) is 12.9. The first kappa shape index (κ1) is 20.3. The summed E-state index contributed by atoms with van der Waals surface area (Å²) < 4.78 is 37.5. The van der Waals surface area contributed by atoms with Crippen LogP contribution in [0.25, 0.3) is 10.9 Å². The number of benzene rings is 2. The van der Waals surface area contributed by atoms with Gasteiger partial charge in [-0.2, -0.15) is 13.2 Å². The van der Waals surface area contributed by atoms with Crippen molar-refractivity contribution >= 4 is 28.5 Å². The predicted octanol–water partition coefficient (Wildman–Crippen LogP) is 4.73. The number of aromatic amines is 1. The van der Waals surface area contributed by atoms with Crippen molar-refractivity contribution in [2.75, 3.05) is 11.9 Å². The molecule has 0 aliphatic heterocycles. The van der Waals surface area contributed by atoms with E-state index in [0.717, 1.165) is 11.1 Å². The zero-order chi connectivity index (χ0) is 20.1. The lowest BCUT2D eigenvalue weighted by atomic mass is 10.2. The number of fused-ring (bicyclic) bond motifs is 1. The number of pyridine rings is 1. The number of rotatable bonds is 7. The van der Waals surface area contributed by atoms with Gasteiger partial charge in [-0.15, -0.1) is 0 Å². The first-order chi connectivity index (χ1) is 13.3. The smallest absolute Gasteiger partial charge is 0.370 e. The van der Waals surface area contributed by atoms with Crippen molar-refractivity contribution < 1.29 is 13.2 Å². The molecular weight excluding hydrogens is 387 g/mol. The monoisotopic (exact) mass is 407 g/mol. The summed E-state index contributed by atoms with van der Waals surface area (Å²) in [5.41, 5.74) is -2.81. The van der Waals surface area contributed by atoms with Crippen LogP contribution in [-0.4, -0.2) is 23.1 Å². The molecule has 3 N–H and O–H groups in total. The Morgan fingerprint density at radius 3 is 2.68 bits per heavy atom. The maximum atomic E-state index is 12.5. The second kappa shape index (κ2) is 8.70. The van der Waals surface area contributed by atoms with E-state index in [1.807, 2.05) is 25.1 Å². The summed E-state index contributed by atoms with van der Waals surface area (Å²) in [4.78, 5) is 15.5. The summed E-state index contributed by atoms with van der Waals surface area (Å²) in [5, 5.41) is 7.09. The molecule has 0 saturated carbocycles. The van der Waals surface area contributed by atoms with Gasteiger partial charge in [0.2, 0.25) is 0 Å². The van der Waals surface area contributed by atoms with Gasteiger partial charge in [0.05, 0.1) is 5.52 Å². The van der Waals surface area contributed by atoms with E-state index in [0.29, 0.717) is 24.3 Å². The molecule has 0 amide bonds. The first-order valence-electron chi connectivity index (χ1n) is 8.74. The third-order valence-corrected chi connectivity index (χ3v) is 4.84. The van der Waals surface area contributed by atoms with E-state index in [1.165, 1.54) is 18.2 Å². The molecule has 148 valence electrons. The number of H-pyrrole nitrogens is 1. The molecule has 3 aromatic rings. The number of hydrogen-bond donors (Lipinski definition) is 3. The van der Waals surface area contributed by atoms with E-state index in [-0.39, 0.29) is 28.1 Å². The Balaban J connectivity index is 1.54. The van der Waals surface area contributed by atoms with E-state index in [9.17, 15) is 18.0 Å². The number of halogens is 3. The molecule has 4 nitrogen and oxygen atoms in total. The molecule has 0 radical (unpaired) electrons. The average molecular weight is 407 g/mol. The molecule has 8 heteroatoms. The van der Waals surface area contributed by atoms with E-state index >= 15 is 0 Å². The molecule has 1 unspecified atom stereocenters. The minimum Gasteiger partial charge on any atom is -0.370 e. The zero-order valence-electron chi connectivity index (χ0n) is 15.1. The summed E-state index contributed by atoms with van der Waals surface area (Å²) in [5.74, 6) is 0.626. The van der Waals surface area contributed by atoms with Crippen LogP contribution in [0.15, 0.2) is 64.3 Å². The molecule has 0 spiro atoms. The van der Waals surface area contributed by atoms with Gasteiger partial charge in [-0.05, 0) is 48.5 Å². The molecule has 0 aliphatic carbocycles. The van der Waals surface area contributed by atoms with Gasteiger partial charge in [-0.25, -0.2) is 0 Å². The number of para-hydroxylation sites is 1. The summed E-state index contributed by atoms with van der Waals surface area (Å²) in [6.07, 6.45) is 0. The Kier molecular flexibility index (Phi) is 6.31. The van der Waals surface area contributed by atoms with Crippen molar-refractivity contribution in [3.05, 3.63) is 70.4 Å². The molecule has 3 rings (SSSR count). The molecule has 1 heterocycles. The minimum absolute atomic E-state index is 0.0360. The zero-order valence-corrected chi connectivity index (χ0v) is 16.0. The first-order valence-corrected chi connectivity index (χ1v) is 9.56. The molecule has 28 heavy (non-hydrogen) atoms. The minimum atomic E-state index is -4.29. The van der Waals surface area contributed by atoms with E-state index in [4.69, 9.17) is 0 Å². The predicted molar refractivity (Wildman–Crippen MR) is 108 cm³/mol. The van der Waals surface area contributed by atoms with Gasteiger partial charge in [0.15, 0.2) is 5.43 Å².